The molecule has 112 valence electrons. The lowest BCUT2D eigenvalue weighted by atomic mass is 10.2. The first-order valence-electron chi connectivity index (χ1n) is 6.96. The Balaban J connectivity index is 1.92. The van der Waals surface area contributed by atoms with Crippen LogP contribution in [0, 0.1) is 17.5 Å². The van der Waals surface area contributed by atoms with Crippen LogP contribution < -0.4 is 5.32 Å². The van der Waals surface area contributed by atoms with Crippen molar-refractivity contribution in [3.05, 3.63) is 40.2 Å². The summed E-state index contributed by atoms with van der Waals surface area (Å²) in [4.78, 5) is 5.41. The maximum Gasteiger partial charge on any atom is 0.195 e. The average Bonchev–Trinajstić information content (AvgIpc) is 3.22. The molecule has 0 radical (unpaired) electrons. The summed E-state index contributed by atoms with van der Waals surface area (Å²) in [7, 11) is 0. The van der Waals surface area contributed by atoms with Crippen LogP contribution in [-0.2, 0) is 13.0 Å². The van der Waals surface area contributed by atoms with Gasteiger partial charge in [0.05, 0.1) is 5.69 Å². The van der Waals surface area contributed by atoms with Gasteiger partial charge in [0.2, 0.25) is 0 Å². The van der Waals surface area contributed by atoms with E-state index in [4.69, 9.17) is 0 Å². The van der Waals surface area contributed by atoms with Crippen LogP contribution in [0.4, 0.5) is 13.2 Å². The molecule has 0 spiro atoms. The Hall–Kier alpha value is -1.40. The molecule has 6 heteroatoms. The van der Waals surface area contributed by atoms with Crippen LogP contribution in [0.5, 0.6) is 0 Å². The first-order chi connectivity index (χ1) is 10.1. The fourth-order valence-electron chi connectivity index (χ4n) is 2.13. The van der Waals surface area contributed by atoms with Gasteiger partial charge >= 0.3 is 0 Å². The summed E-state index contributed by atoms with van der Waals surface area (Å²) >= 11 is 1.33. The maximum absolute atomic E-state index is 13.9. The summed E-state index contributed by atoms with van der Waals surface area (Å²) in [5.41, 5.74) is 0.901. The minimum atomic E-state index is -1.45. The van der Waals surface area contributed by atoms with E-state index in [0.717, 1.165) is 23.1 Å². The minimum absolute atomic E-state index is 0.0197. The molecule has 1 fully saturated rings. The molecule has 3 rings (SSSR count). The third kappa shape index (κ3) is 2.96. The Labute approximate surface area is 125 Å². The third-order valence-corrected chi connectivity index (χ3v) is 4.64. The van der Waals surface area contributed by atoms with Crippen LogP contribution in [0.15, 0.2) is 12.1 Å². The van der Waals surface area contributed by atoms with E-state index in [0.29, 0.717) is 17.6 Å². The molecular weight excluding hydrogens is 297 g/mol. The normalized spacial score (nSPS) is 14.7. The number of aromatic nitrogens is 1. The quantitative estimate of drug-likeness (QED) is 0.843. The molecule has 0 amide bonds. The van der Waals surface area contributed by atoms with Crippen molar-refractivity contribution in [3.8, 4) is 10.6 Å². The van der Waals surface area contributed by atoms with E-state index in [1.165, 1.54) is 30.2 Å². The number of halogens is 3. The van der Waals surface area contributed by atoms with Crippen LogP contribution >= 0.6 is 11.3 Å². The Morgan fingerprint density at radius 2 is 2.00 bits per heavy atom. The molecule has 1 aliphatic rings. The molecule has 1 heterocycles. The molecular formula is C15H15F3N2S. The molecule has 1 saturated carbocycles. The summed E-state index contributed by atoms with van der Waals surface area (Å²) in [6, 6.07) is 2.74. The van der Waals surface area contributed by atoms with Gasteiger partial charge < -0.3 is 5.32 Å². The van der Waals surface area contributed by atoms with E-state index >= 15 is 0 Å². The van der Waals surface area contributed by atoms with Crippen molar-refractivity contribution in [2.45, 2.75) is 38.8 Å². The first kappa shape index (κ1) is 14.5. The van der Waals surface area contributed by atoms with Crippen molar-refractivity contribution in [1.82, 2.24) is 10.3 Å². The predicted octanol–water partition coefficient (Wildman–Crippen LogP) is 4.04. The summed E-state index contributed by atoms with van der Waals surface area (Å²) in [5.74, 6) is -3.80. The number of nitrogens with zero attached hydrogens (tertiary/aromatic N) is 1. The number of thiazole rings is 1. The molecule has 0 saturated heterocycles. The van der Waals surface area contributed by atoms with Crippen LogP contribution in [0.25, 0.3) is 10.6 Å². The predicted molar refractivity (Wildman–Crippen MR) is 76.7 cm³/mol. The Morgan fingerprint density at radius 1 is 1.24 bits per heavy atom. The smallest absolute Gasteiger partial charge is 0.195 e. The van der Waals surface area contributed by atoms with Crippen molar-refractivity contribution in [2.24, 2.45) is 0 Å². The molecule has 0 atom stereocenters. The number of nitrogens with one attached hydrogen (secondary N) is 1. The molecule has 0 unspecified atom stereocenters. The monoisotopic (exact) mass is 312 g/mol. The lowest BCUT2D eigenvalue weighted by molar-refractivity contribution is 0.449. The van der Waals surface area contributed by atoms with Gasteiger partial charge in [0.15, 0.2) is 17.5 Å². The SMILES string of the molecule is CCc1nc(-c2ccc(F)c(F)c2F)sc1CNC1CC1. The second-order valence-electron chi connectivity index (χ2n) is 5.12. The van der Waals surface area contributed by atoms with Crippen molar-refractivity contribution in [2.75, 3.05) is 0 Å². The summed E-state index contributed by atoms with van der Waals surface area (Å²) in [6.45, 7) is 2.66. The maximum atomic E-state index is 13.9. The summed E-state index contributed by atoms with van der Waals surface area (Å²) < 4.78 is 40.2. The van der Waals surface area contributed by atoms with E-state index in [9.17, 15) is 13.2 Å². The van der Waals surface area contributed by atoms with Gasteiger partial charge in [0, 0.05) is 23.0 Å². The Bertz CT molecular complexity index is 665. The highest BCUT2D eigenvalue weighted by Crippen LogP contribution is 2.32. The van der Waals surface area contributed by atoms with Gasteiger partial charge in [-0.3, -0.25) is 0 Å². The van der Waals surface area contributed by atoms with Crippen LogP contribution in [0.2, 0.25) is 0 Å². The van der Waals surface area contributed by atoms with E-state index in [1.54, 1.807) is 0 Å². The lowest BCUT2D eigenvalue weighted by Crippen LogP contribution is -2.15. The van der Waals surface area contributed by atoms with Crippen molar-refractivity contribution >= 4 is 11.3 Å². The summed E-state index contributed by atoms with van der Waals surface area (Å²) in [6.07, 6.45) is 3.10. The highest BCUT2D eigenvalue weighted by Gasteiger charge is 2.22. The second-order valence-corrected chi connectivity index (χ2v) is 6.20. The largest absolute Gasteiger partial charge is 0.309 e. The number of rotatable bonds is 5. The third-order valence-electron chi connectivity index (χ3n) is 3.51. The molecule has 1 aromatic carbocycles. The average molecular weight is 312 g/mol. The van der Waals surface area contributed by atoms with E-state index in [-0.39, 0.29) is 5.56 Å². The van der Waals surface area contributed by atoms with Gasteiger partial charge in [-0.1, -0.05) is 6.92 Å². The van der Waals surface area contributed by atoms with Crippen LogP contribution in [0.3, 0.4) is 0 Å². The number of hydrogen-bond acceptors (Lipinski definition) is 3. The molecule has 0 aliphatic heterocycles. The first-order valence-corrected chi connectivity index (χ1v) is 7.77. The van der Waals surface area contributed by atoms with E-state index in [2.05, 4.69) is 10.3 Å². The number of benzene rings is 1. The molecule has 1 N–H and O–H groups in total. The lowest BCUT2D eigenvalue weighted by Gasteiger charge is -2.01. The van der Waals surface area contributed by atoms with Crippen LogP contribution in [0.1, 0.15) is 30.3 Å². The summed E-state index contributed by atoms with van der Waals surface area (Å²) in [5, 5.41) is 3.79. The highest BCUT2D eigenvalue weighted by atomic mass is 32.1. The van der Waals surface area contributed by atoms with E-state index in [1.807, 2.05) is 6.92 Å². The molecule has 21 heavy (non-hydrogen) atoms. The van der Waals surface area contributed by atoms with Gasteiger partial charge in [0.25, 0.3) is 0 Å². The minimum Gasteiger partial charge on any atom is -0.309 e. The van der Waals surface area contributed by atoms with E-state index < -0.39 is 17.5 Å². The fourth-order valence-corrected chi connectivity index (χ4v) is 3.25. The fraction of sp³-hybridized carbons (Fsp3) is 0.400. The van der Waals surface area contributed by atoms with Gasteiger partial charge in [-0.15, -0.1) is 11.3 Å². The second kappa shape index (κ2) is 5.77. The standard InChI is InChI=1S/C15H15F3N2S/c1-2-11-12(7-19-8-3-4-8)21-15(20-11)9-5-6-10(16)14(18)13(9)17/h5-6,8,19H,2-4,7H2,1H3. The van der Waals surface area contributed by atoms with Crippen molar-refractivity contribution < 1.29 is 13.2 Å². The zero-order chi connectivity index (χ0) is 15.0. The zero-order valence-electron chi connectivity index (χ0n) is 11.5. The Kier molecular flexibility index (Phi) is 3.99. The van der Waals surface area contributed by atoms with Gasteiger partial charge in [-0.2, -0.15) is 0 Å². The topological polar surface area (TPSA) is 24.9 Å². The number of hydrogen-bond donors (Lipinski definition) is 1. The van der Waals surface area contributed by atoms with Crippen molar-refractivity contribution in [1.29, 1.82) is 0 Å². The van der Waals surface area contributed by atoms with Gasteiger partial charge in [-0.05, 0) is 31.4 Å². The van der Waals surface area contributed by atoms with Crippen LogP contribution in [-0.4, -0.2) is 11.0 Å². The molecule has 2 aromatic rings. The zero-order valence-corrected chi connectivity index (χ0v) is 12.4. The molecule has 2 nitrogen and oxygen atoms in total. The molecule has 1 aliphatic carbocycles. The van der Waals surface area contributed by atoms with Gasteiger partial charge in [-0.25, -0.2) is 18.2 Å². The highest BCUT2D eigenvalue weighted by molar-refractivity contribution is 7.15. The number of aryl methyl sites for hydroxylation is 1. The molecule has 1 aromatic heterocycles. The van der Waals surface area contributed by atoms with Crippen molar-refractivity contribution in [3.63, 3.8) is 0 Å². The van der Waals surface area contributed by atoms with Gasteiger partial charge in [0.1, 0.15) is 5.01 Å². The Morgan fingerprint density at radius 3 is 2.67 bits per heavy atom. The molecule has 0 bridgehead atoms.